The van der Waals surface area contributed by atoms with Crippen LogP contribution in [0.5, 0.6) is 23.0 Å². The Morgan fingerprint density at radius 1 is 1.09 bits per heavy atom. The molecule has 0 bridgehead atoms. The number of rotatable bonds is 4. The Balaban J connectivity index is 1.86. The van der Waals surface area contributed by atoms with Crippen molar-refractivity contribution < 1.29 is 28.1 Å². The second kappa shape index (κ2) is 6.04. The van der Waals surface area contributed by atoms with Gasteiger partial charge in [-0.05, 0) is 18.2 Å². The van der Waals surface area contributed by atoms with Gasteiger partial charge in [0.1, 0.15) is 5.82 Å². The van der Waals surface area contributed by atoms with Gasteiger partial charge in [0.05, 0.1) is 19.8 Å². The summed E-state index contributed by atoms with van der Waals surface area (Å²) in [5.74, 6) is 0.286. The van der Waals surface area contributed by atoms with Crippen LogP contribution in [-0.2, 0) is 0 Å². The lowest BCUT2D eigenvalue weighted by atomic mass is 10.1. The predicted octanol–water partition coefficient (Wildman–Crippen LogP) is 2.82. The molecule has 23 heavy (non-hydrogen) atoms. The molecule has 3 rings (SSSR count). The van der Waals surface area contributed by atoms with E-state index in [-0.39, 0.29) is 23.9 Å². The van der Waals surface area contributed by atoms with Gasteiger partial charge in [-0.25, -0.2) is 4.39 Å². The molecule has 120 valence electrons. The summed E-state index contributed by atoms with van der Waals surface area (Å²) in [6.07, 6.45) is 0. The highest BCUT2D eigenvalue weighted by Gasteiger charge is 2.19. The lowest BCUT2D eigenvalue weighted by Gasteiger charge is -2.11. The van der Waals surface area contributed by atoms with E-state index in [2.05, 4.69) is 5.32 Å². The van der Waals surface area contributed by atoms with Crippen LogP contribution >= 0.6 is 0 Å². The third kappa shape index (κ3) is 2.85. The quantitative estimate of drug-likeness (QED) is 0.938. The summed E-state index contributed by atoms with van der Waals surface area (Å²) < 4.78 is 34.6. The maximum Gasteiger partial charge on any atom is 0.258 e. The number of ether oxygens (including phenoxy) is 4. The summed E-state index contributed by atoms with van der Waals surface area (Å²) in [6.45, 7) is 0.136. The van der Waals surface area contributed by atoms with Crippen molar-refractivity contribution in [3.8, 4) is 23.0 Å². The van der Waals surface area contributed by atoms with E-state index in [0.29, 0.717) is 17.2 Å². The number of halogens is 1. The molecule has 0 aliphatic carbocycles. The van der Waals surface area contributed by atoms with Gasteiger partial charge in [-0.15, -0.1) is 0 Å². The SMILES string of the molecule is COc1cc(F)c(C(=O)Nc2ccc3c(c2)OCO3)cc1OC. The molecule has 0 radical (unpaired) electrons. The van der Waals surface area contributed by atoms with Gasteiger partial charge in [-0.1, -0.05) is 0 Å². The molecule has 2 aromatic rings. The molecule has 1 amide bonds. The predicted molar refractivity (Wildman–Crippen MR) is 80.0 cm³/mol. The molecule has 1 N–H and O–H groups in total. The van der Waals surface area contributed by atoms with E-state index < -0.39 is 11.7 Å². The minimum atomic E-state index is -0.708. The van der Waals surface area contributed by atoms with Crippen LogP contribution in [-0.4, -0.2) is 26.9 Å². The molecule has 0 unspecified atom stereocenters. The summed E-state index contributed by atoms with van der Waals surface area (Å²) in [4.78, 5) is 12.3. The fraction of sp³-hybridized carbons (Fsp3) is 0.188. The van der Waals surface area contributed by atoms with Crippen LogP contribution in [0.1, 0.15) is 10.4 Å². The number of nitrogens with one attached hydrogen (secondary N) is 1. The molecule has 0 fully saturated rings. The van der Waals surface area contributed by atoms with Gasteiger partial charge >= 0.3 is 0 Å². The molecule has 1 heterocycles. The van der Waals surface area contributed by atoms with Crippen LogP contribution in [0.2, 0.25) is 0 Å². The molecule has 1 aliphatic heterocycles. The highest BCUT2D eigenvalue weighted by molar-refractivity contribution is 6.05. The van der Waals surface area contributed by atoms with Crippen LogP contribution in [0.15, 0.2) is 30.3 Å². The fourth-order valence-electron chi connectivity index (χ4n) is 2.20. The number of hydrogen-bond acceptors (Lipinski definition) is 5. The summed E-state index contributed by atoms with van der Waals surface area (Å²) in [6, 6.07) is 7.32. The maximum absolute atomic E-state index is 14.1. The monoisotopic (exact) mass is 319 g/mol. The highest BCUT2D eigenvalue weighted by Crippen LogP contribution is 2.35. The highest BCUT2D eigenvalue weighted by atomic mass is 19.1. The number of hydrogen-bond donors (Lipinski definition) is 1. The Labute approximate surface area is 131 Å². The van der Waals surface area contributed by atoms with Crippen molar-refractivity contribution in [2.45, 2.75) is 0 Å². The first-order valence-corrected chi connectivity index (χ1v) is 6.75. The Kier molecular flexibility index (Phi) is 3.92. The molecule has 0 saturated heterocycles. The zero-order chi connectivity index (χ0) is 16.4. The van der Waals surface area contributed by atoms with Crippen molar-refractivity contribution in [1.82, 2.24) is 0 Å². The van der Waals surface area contributed by atoms with Crippen molar-refractivity contribution in [2.24, 2.45) is 0 Å². The third-order valence-corrected chi connectivity index (χ3v) is 3.35. The Morgan fingerprint density at radius 2 is 1.78 bits per heavy atom. The van der Waals surface area contributed by atoms with Crippen molar-refractivity contribution in [3.63, 3.8) is 0 Å². The normalized spacial score (nSPS) is 12.0. The fourth-order valence-corrected chi connectivity index (χ4v) is 2.20. The van der Waals surface area contributed by atoms with Gasteiger partial charge in [-0.3, -0.25) is 4.79 Å². The molecule has 0 aromatic heterocycles. The van der Waals surface area contributed by atoms with Gasteiger partial charge in [-0.2, -0.15) is 0 Å². The number of anilines is 1. The number of carbonyl (C=O) groups is 1. The van der Waals surface area contributed by atoms with E-state index in [1.54, 1.807) is 18.2 Å². The van der Waals surface area contributed by atoms with Gasteiger partial charge in [0.2, 0.25) is 6.79 Å². The first-order valence-electron chi connectivity index (χ1n) is 6.75. The summed E-state index contributed by atoms with van der Waals surface area (Å²) in [5.41, 5.74) is 0.314. The molecule has 0 saturated carbocycles. The van der Waals surface area contributed by atoms with E-state index in [4.69, 9.17) is 18.9 Å². The average molecular weight is 319 g/mol. The van der Waals surface area contributed by atoms with Gasteiger partial charge in [0, 0.05) is 17.8 Å². The van der Waals surface area contributed by atoms with E-state index in [1.807, 2.05) is 0 Å². The number of carbonyl (C=O) groups excluding carboxylic acids is 1. The zero-order valence-electron chi connectivity index (χ0n) is 12.5. The van der Waals surface area contributed by atoms with E-state index in [9.17, 15) is 9.18 Å². The van der Waals surface area contributed by atoms with Crippen LogP contribution < -0.4 is 24.3 Å². The van der Waals surface area contributed by atoms with Crippen LogP contribution in [0.4, 0.5) is 10.1 Å². The second-order valence-electron chi connectivity index (χ2n) is 4.71. The molecule has 6 nitrogen and oxygen atoms in total. The maximum atomic E-state index is 14.1. The Bertz CT molecular complexity index is 762. The van der Waals surface area contributed by atoms with E-state index in [1.165, 1.54) is 20.3 Å². The summed E-state index contributed by atoms with van der Waals surface area (Å²) in [5, 5.41) is 2.61. The number of amides is 1. The van der Waals surface area contributed by atoms with Crippen molar-refractivity contribution in [2.75, 3.05) is 26.3 Å². The molecular formula is C16H14FNO5. The van der Waals surface area contributed by atoms with Crippen molar-refractivity contribution >= 4 is 11.6 Å². The largest absolute Gasteiger partial charge is 0.493 e. The topological polar surface area (TPSA) is 66.0 Å². The lowest BCUT2D eigenvalue weighted by molar-refractivity contribution is 0.102. The standard InChI is InChI=1S/C16H14FNO5/c1-20-13-6-10(11(17)7-14(13)21-2)16(19)18-9-3-4-12-15(5-9)23-8-22-12/h3-7H,8H2,1-2H3,(H,18,19). The molecule has 0 atom stereocenters. The minimum absolute atomic E-state index is 0.136. The first kappa shape index (κ1) is 15.0. The molecular weight excluding hydrogens is 305 g/mol. The lowest BCUT2D eigenvalue weighted by Crippen LogP contribution is -2.14. The van der Waals surface area contributed by atoms with Gasteiger partial charge in [0.25, 0.3) is 5.91 Å². The van der Waals surface area contributed by atoms with Crippen LogP contribution in [0.3, 0.4) is 0 Å². The Hall–Kier alpha value is -2.96. The van der Waals surface area contributed by atoms with Crippen LogP contribution in [0, 0.1) is 5.82 Å². The number of benzene rings is 2. The first-order chi connectivity index (χ1) is 11.1. The Morgan fingerprint density at radius 3 is 2.52 bits per heavy atom. The number of fused-ring (bicyclic) bond motifs is 1. The van der Waals surface area contributed by atoms with Gasteiger partial charge < -0.3 is 24.3 Å². The van der Waals surface area contributed by atoms with E-state index in [0.717, 1.165) is 6.07 Å². The zero-order valence-corrected chi connectivity index (χ0v) is 12.5. The van der Waals surface area contributed by atoms with Crippen molar-refractivity contribution in [3.05, 3.63) is 41.7 Å². The van der Waals surface area contributed by atoms with Crippen LogP contribution in [0.25, 0.3) is 0 Å². The van der Waals surface area contributed by atoms with Gasteiger partial charge in [0.15, 0.2) is 23.0 Å². The minimum Gasteiger partial charge on any atom is -0.493 e. The van der Waals surface area contributed by atoms with Crippen molar-refractivity contribution in [1.29, 1.82) is 0 Å². The third-order valence-electron chi connectivity index (χ3n) is 3.35. The summed E-state index contributed by atoms with van der Waals surface area (Å²) in [7, 11) is 2.80. The van der Waals surface area contributed by atoms with E-state index >= 15 is 0 Å². The molecule has 0 spiro atoms. The average Bonchev–Trinajstić information content (AvgIpc) is 3.02. The number of methoxy groups -OCH3 is 2. The smallest absolute Gasteiger partial charge is 0.258 e. The molecule has 2 aromatic carbocycles. The second-order valence-corrected chi connectivity index (χ2v) is 4.71. The molecule has 7 heteroatoms. The summed E-state index contributed by atoms with van der Waals surface area (Å²) >= 11 is 0. The molecule has 1 aliphatic rings.